The summed E-state index contributed by atoms with van der Waals surface area (Å²) in [4.78, 5) is 27.1. The third kappa shape index (κ3) is 5.30. The van der Waals surface area contributed by atoms with Gasteiger partial charge >= 0.3 is 0 Å². The number of rotatable bonds is 7. The normalized spacial score (nSPS) is 15.6. The van der Waals surface area contributed by atoms with Gasteiger partial charge in [0.2, 0.25) is 11.8 Å². The molecule has 0 unspecified atom stereocenters. The van der Waals surface area contributed by atoms with E-state index < -0.39 is 0 Å². The van der Waals surface area contributed by atoms with Crippen LogP contribution in [0, 0.1) is 12.8 Å². The average Bonchev–Trinajstić information content (AvgIpc) is 3.22. The molecule has 3 aromatic rings. The number of hydrogen-bond donors (Lipinski definition) is 1. The lowest BCUT2D eigenvalue weighted by molar-refractivity contribution is -0.122. The Balaban J connectivity index is 1.38. The zero-order valence-corrected chi connectivity index (χ0v) is 20.3. The number of ether oxygens (including phenoxy) is 1. The molecule has 0 aromatic heterocycles. The zero-order chi connectivity index (χ0) is 24.2. The van der Waals surface area contributed by atoms with Crippen LogP contribution in [0.15, 0.2) is 66.7 Å². The Labute approximate surface area is 201 Å². The molecule has 1 N–H and O–H groups in total. The van der Waals surface area contributed by atoms with Gasteiger partial charge in [0, 0.05) is 24.3 Å². The van der Waals surface area contributed by atoms with Crippen LogP contribution in [0.1, 0.15) is 49.8 Å². The first-order valence-electron chi connectivity index (χ1n) is 11.9. The molecule has 5 heteroatoms. The van der Waals surface area contributed by atoms with Crippen molar-refractivity contribution in [1.82, 2.24) is 0 Å². The highest BCUT2D eigenvalue weighted by molar-refractivity contribution is 6.03. The van der Waals surface area contributed by atoms with Crippen molar-refractivity contribution in [2.75, 3.05) is 16.8 Å². The Hall–Kier alpha value is -3.60. The van der Waals surface area contributed by atoms with Crippen LogP contribution < -0.4 is 15.0 Å². The van der Waals surface area contributed by atoms with Crippen LogP contribution in [0.2, 0.25) is 0 Å². The average molecular weight is 457 g/mol. The standard InChI is InChI=1S/C29H32N2O3/c1-5-21-7-11-24(12-8-21)31-18-22(17-28(31)32)29(33)30-23-9-13-25(14-10-23)34-27-16-20(4)6-15-26(27)19(2)3/h6-16,19,22H,5,17-18H2,1-4H3,(H,30,33)/t22-/m1/s1. The lowest BCUT2D eigenvalue weighted by Crippen LogP contribution is -2.28. The van der Waals surface area contributed by atoms with Gasteiger partial charge in [-0.1, -0.05) is 45.0 Å². The highest BCUT2D eigenvalue weighted by atomic mass is 16.5. The molecule has 1 aliphatic rings. The lowest BCUT2D eigenvalue weighted by Gasteiger charge is -2.17. The van der Waals surface area contributed by atoms with Crippen LogP contribution in [0.3, 0.4) is 0 Å². The van der Waals surface area contributed by atoms with Gasteiger partial charge in [0.1, 0.15) is 11.5 Å². The summed E-state index contributed by atoms with van der Waals surface area (Å²) in [7, 11) is 0. The molecule has 1 saturated heterocycles. The van der Waals surface area contributed by atoms with E-state index in [1.165, 1.54) is 5.56 Å². The zero-order valence-electron chi connectivity index (χ0n) is 20.3. The van der Waals surface area contributed by atoms with Crippen LogP contribution in [-0.2, 0) is 16.0 Å². The molecule has 0 spiro atoms. The van der Waals surface area contributed by atoms with Crippen molar-refractivity contribution in [3.05, 3.63) is 83.4 Å². The highest BCUT2D eigenvalue weighted by Gasteiger charge is 2.35. The van der Waals surface area contributed by atoms with E-state index in [1.54, 1.807) is 4.90 Å². The molecule has 0 saturated carbocycles. The molecular formula is C29H32N2O3. The van der Waals surface area contributed by atoms with Gasteiger partial charge in [0.25, 0.3) is 0 Å². The smallest absolute Gasteiger partial charge is 0.229 e. The van der Waals surface area contributed by atoms with Crippen LogP contribution in [0.4, 0.5) is 11.4 Å². The summed E-state index contributed by atoms with van der Waals surface area (Å²) in [5, 5.41) is 2.95. The van der Waals surface area contributed by atoms with E-state index in [1.807, 2.05) is 61.5 Å². The number of anilines is 2. The Morgan fingerprint density at radius 1 is 1.06 bits per heavy atom. The minimum absolute atomic E-state index is 0.0211. The quantitative estimate of drug-likeness (QED) is 0.444. The fourth-order valence-corrected chi connectivity index (χ4v) is 4.23. The number of nitrogens with zero attached hydrogens (tertiary/aromatic N) is 1. The van der Waals surface area contributed by atoms with Gasteiger partial charge in [-0.2, -0.15) is 0 Å². The molecule has 0 radical (unpaired) electrons. The number of benzene rings is 3. The summed E-state index contributed by atoms with van der Waals surface area (Å²) in [5.74, 6) is 1.37. The van der Waals surface area contributed by atoms with E-state index >= 15 is 0 Å². The van der Waals surface area contributed by atoms with Gasteiger partial charge in [-0.05, 0) is 78.4 Å². The second-order valence-corrected chi connectivity index (χ2v) is 9.24. The van der Waals surface area contributed by atoms with Crippen molar-refractivity contribution in [2.45, 2.75) is 46.5 Å². The molecular weight excluding hydrogens is 424 g/mol. The molecule has 34 heavy (non-hydrogen) atoms. The molecule has 4 rings (SSSR count). The Morgan fingerprint density at radius 2 is 1.76 bits per heavy atom. The molecule has 5 nitrogen and oxygen atoms in total. The topological polar surface area (TPSA) is 58.6 Å². The summed E-state index contributed by atoms with van der Waals surface area (Å²) in [5.41, 5.74) is 5.05. The van der Waals surface area contributed by atoms with Crippen molar-refractivity contribution in [2.24, 2.45) is 5.92 Å². The van der Waals surface area contributed by atoms with Crippen molar-refractivity contribution >= 4 is 23.2 Å². The number of amides is 2. The molecule has 1 fully saturated rings. The predicted octanol–water partition coefficient (Wildman–Crippen LogP) is 6.46. The Kier molecular flexibility index (Phi) is 7.01. The molecule has 0 aliphatic carbocycles. The van der Waals surface area contributed by atoms with Crippen molar-refractivity contribution in [3.8, 4) is 11.5 Å². The maximum absolute atomic E-state index is 12.8. The number of aryl methyl sites for hydroxylation is 2. The van der Waals surface area contributed by atoms with Crippen LogP contribution in [0.25, 0.3) is 0 Å². The Morgan fingerprint density at radius 3 is 2.41 bits per heavy atom. The second-order valence-electron chi connectivity index (χ2n) is 9.24. The lowest BCUT2D eigenvalue weighted by atomic mass is 10.0. The number of carbonyl (C=O) groups is 2. The maximum atomic E-state index is 12.8. The number of carbonyl (C=O) groups excluding carboxylic acids is 2. The monoisotopic (exact) mass is 456 g/mol. The SMILES string of the molecule is CCc1ccc(N2C[C@H](C(=O)Nc3ccc(Oc4cc(C)ccc4C(C)C)cc3)CC2=O)cc1. The molecule has 0 bridgehead atoms. The molecule has 1 aliphatic heterocycles. The van der Waals surface area contributed by atoms with Crippen LogP contribution in [0.5, 0.6) is 11.5 Å². The first-order chi connectivity index (χ1) is 16.3. The van der Waals surface area contributed by atoms with Gasteiger partial charge in [-0.3, -0.25) is 9.59 Å². The largest absolute Gasteiger partial charge is 0.457 e. The Bertz CT molecular complexity index is 1170. The molecule has 2 amide bonds. The van der Waals surface area contributed by atoms with Gasteiger partial charge in [-0.25, -0.2) is 0 Å². The molecule has 1 heterocycles. The summed E-state index contributed by atoms with van der Waals surface area (Å²) >= 11 is 0. The second kappa shape index (κ2) is 10.1. The van der Waals surface area contributed by atoms with Crippen molar-refractivity contribution in [1.29, 1.82) is 0 Å². The maximum Gasteiger partial charge on any atom is 0.229 e. The highest BCUT2D eigenvalue weighted by Crippen LogP contribution is 2.32. The van der Waals surface area contributed by atoms with Crippen molar-refractivity contribution < 1.29 is 14.3 Å². The summed E-state index contributed by atoms with van der Waals surface area (Å²) in [6.07, 6.45) is 1.17. The molecule has 176 valence electrons. The first kappa shape index (κ1) is 23.6. The van der Waals surface area contributed by atoms with Gasteiger partial charge in [0.05, 0.1) is 5.92 Å². The minimum atomic E-state index is -0.379. The van der Waals surface area contributed by atoms with Gasteiger partial charge < -0.3 is 15.0 Å². The van der Waals surface area contributed by atoms with Crippen LogP contribution in [-0.4, -0.2) is 18.4 Å². The van der Waals surface area contributed by atoms with Gasteiger partial charge in [-0.15, -0.1) is 0 Å². The van der Waals surface area contributed by atoms with E-state index in [-0.39, 0.29) is 24.2 Å². The minimum Gasteiger partial charge on any atom is -0.457 e. The van der Waals surface area contributed by atoms with E-state index in [9.17, 15) is 9.59 Å². The van der Waals surface area contributed by atoms with Crippen LogP contribution >= 0.6 is 0 Å². The summed E-state index contributed by atoms with van der Waals surface area (Å²) in [6, 6.07) is 21.6. The fourth-order valence-electron chi connectivity index (χ4n) is 4.23. The van der Waals surface area contributed by atoms with Crippen molar-refractivity contribution in [3.63, 3.8) is 0 Å². The third-order valence-corrected chi connectivity index (χ3v) is 6.29. The van der Waals surface area contributed by atoms with E-state index in [2.05, 4.69) is 38.2 Å². The summed E-state index contributed by atoms with van der Waals surface area (Å²) < 4.78 is 6.14. The first-order valence-corrected chi connectivity index (χ1v) is 11.9. The van der Waals surface area contributed by atoms with Gasteiger partial charge in [0.15, 0.2) is 0 Å². The number of hydrogen-bond acceptors (Lipinski definition) is 3. The summed E-state index contributed by atoms with van der Waals surface area (Å²) in [6.45, 7) is 8.82. The van der Waals surface area contributed by atoms with E-state index in [0.717, 1.165) is 29.0 Å². The third-order valence-electron chi connectivity index (χ3n) is 6.29. The number of nitrogens with one attached hydrogen (secondary N) is 1. The van der Waals surface area contributed by atoms with E-state index in [0.29, 0.717) is 23.9 Å². The fraction of sp³-hybridized carbons (Fsp3) is 0.310. The van der Waals surface area contributed by atoms with E-state index in [4.69, 9.17) is 4.74 Å². The molecule has 3 aromatic carbocycles. The predicted molar refractivity (Wildman–Crippen MR) is 137 cm³/mol. The molecule has 1 atom stereocenters.